The Balaban J connectivity index is 1.95. The molecule has 0 aliphatic rings. The Kier molecular flexibility index (Phi) is 5.30. The van der Waals surface area contributed by atoms with Gasteiger partial charge in [-0.05, 0) is 18.0 Å². The molecule has 20 heavy (non-hydrogen) atoms. The van der Waals surface area contributed by atoms with Crippen LogP contribution in [0.2, 0.25) is 0 Å². The summed E-state index contributed by atoms with van der Waals surface area (Å²) in [6.45, 7) is 4.62. The Morgan fingerprint density at radius 1 is 1.45 bits per heavy atom. The zero-order valence-electron chi connectivity index (χ0n) is 11.2. The average Bonchev–Trinajstić information content (AvgIpc) is 3.08. The molecule has 0 atom stereocenters. The molecule has 110 valence electrons. The van der Waals surface area contributed by atoms with Crippen molar-refractivity contribution in [1.82, 2.24) is 19.8 Å². The second-order valence-corrected chi connectivity index (χ2v) is 7.00. The van der Waals surface area contributed by atoms with Gasteiger partial charge in [0.2, 0.25) is 10.0 Å². The summed E-state index contributed by atoms with van der Waals surface area (Å²) >= 11 is 1.52. The van der Waals surface area contributed by atoms with Gasteiger partial charge >= 0.3 is 0 Å². The highest BCUT2D eigenvalue weighted by atomic mass is 32.2. The maximum atomic E-state index is 12.1. The second-order valence-electron chi connectivity index (χ2n) is 4.20. The number of likely N-dealkylation sites (N-methyl/N-ethyl adjacent to an activating group) is 1. The molecule has 0 spiro atoms. The van der Waals surface area contributed by atoms with Crippen molar-refractivity contribution in [2.45, 2.75) is 24.9 Å². The number of thiophene rings is 1. The molecule has 2 aromatic heterocycles. The topological polar surface area (TPSA) is 76.0 Å². The van der Waals surface area contributed by atoms with Crippen LogP contribution in [0.1, 0.15) is 11.8 Å². The molecule has 0 aromatic carbocycles. The Hall–Kier alpha value is -1.22. The van der Waals surface area contributed by atoms with Gasteiger partial charge < -0.3 is 5.32 Å². The number of sulfonamides is 1. The van der Waals surface area contributed by atoms with E-state index in [4.69, 9.17) is 0 Å². The van der Waals surface area contributed by atoms with Crippen LogP contribution in [-0.2, 0) is 23.1 Å². The summed E-state index contributed by atoms with van der Waals surface area (Å²) < 4.78 is 28.4. The molecule has 0 fully saturated rings. The fraction of sp³-hybridized carbons (Fsp3) is 0.417. The predicted octanol–water partition coefficient (Wildman–Crippen LogP) is 1.03. The number of nitrogens with zero attached hydrogens (tertiary/aromatic N) is 2. The normalized spacial score (nSPS) is 11.8. The largest absolute Gasteiger partial charge is 0.315 e. The van der Waals surface area contributed by atoms with E-state index in [2.05, 4.69) is 15.1 Å². The van der Waals surface area contributed by atoms with Crippen LogP contribution in [0.4, 0.5) is 0 Å². The predicted molar refractivity (Wildman–Crippen MR) is 79.1 cm³/mol. The lowest BCUT2D eigenvalue weighted by Crippen LogP contribution is -2.22. The second kappa shape index (κ2) is 6.98. The lowest BCUT2D eigenvalue weighted by atomic mass is 10.5. The summed E-state index contributed by atoms with van der Waals surface area (Å²) in [6.07, 6.45) is 2.93. The molecule has 0 aliphatic carbocycles. The van der Waals surface area contributed by atoms with Gasteiger partial charge in [-0.3, -0.25) is 4.68 Å². The molecule has 2 N–H and O–H groups in total. The quantitative estimate of drug-likeness (QED) is 0.714. The van der Waals surface area contributed by atoms with Crippen LogP contribution in [0.15, 0.2) is 34.8 Å². The van der Waals surface area contributed by atoms with Crippen molar-refractivity contribution in [2.75, 3.05) is 13.1 Å². The molecule has 8 heteroatoms. The van der Waals surface area contributed by atoms with Crippen molar-refractivity contribution in [1.29, 1.82) is 0 Å². The molecule has 0 radical (unpaired) electrons. The van der Waals surface area contributed by atoms with E-state index in [1.807, 2.05) is 24.4 Å². The van der Waals surface area contributed by atoms with E-state index < -0.39 is 10.0 Å². The minimum absolute atomic E-state index is 0.200. The number of hydrogen-bond donors (Lipinski definition) is 2. The van der Waals surface area contributed by atoms with E-state index in [-0.39, 0.29) is 4.90 Å². The highest BCUT2D eigenvalue weighted by Crippen LogP contribution is 2.11. The number of hydrogen-bond acceptors (Lipinski definition) is 5. The average molecular weight is 314 g/mol. The van der Waals surface area contributed by atoms with Gasteiger partial charge in [0.25, 0.3) is 0 Å². The molecule has 0 unspecified atom stereocenters. The fourth-order valence-electron chi connectivity index (χ4n) is 1.64. The van der Waals surface area contributed by atoms with Gasteiger partial charge in [-0.25, -0.2) is 13.1 Å². The summed E-state index contributed by atoms with van der Waals surface area (Å²) in [5.74, 6) is 0. The van der Waals surface area contributed by atoms with Crippen molar-refractivity contribution in [2.24, 2.45) is 0 Å². The monoisotopic (exact) mass is 314 g/mol. The Bertz CT molecular complexity index is 620. The van der Waals surface area contributed by atoms with Gasteiger partial charge in [0.1, 0.15) is 4.90 Å². The van der Waals surface area contributed by atoms with Gasteiger partial charge in [-0.2, -0.15) is 5.10 Å². The van der Waals surface area contributed by atoms with E-state index in [9.17, 15) is 8.42 Å². The minimum Gasteiger partial charge on any atom is -0.315 e. The maximum Gasteiger partial charge on any atom is 0.244 e. The van der Waals surface area contributed by atoms with Crippen molar-refractivity contribution in [3.05, 3.63) is 34.8 Å². The van der Waals surface area contributed by atoms with Crippen LogP contribution in [0, 0.1) is 0 Å². The molecule has 2 aromatic rings. The van der Waals surface area contributed by atoms with E-state index in [0.29, 0.717) is 13.1 Å². The van der Waals surface area contributed by atoms with Crippen molar-refractivity contribution < 1.29 is 8.42 Å². The Labute approximate surface area is 122 Å². The fourth-order valence-corrected chi connectivity index (χ4v) is 3.33. The maximum absolute atomic E-state index is 12.1. The molecular formula is C12H18N4O2S2. The Morgan fingerprint density at radius 2 is 2.30 bits per heavy atom. The third-order valence-electron chi connectivity index (χ3n) is 2.70. The summed E-state index contributed by atoms with van der Waals surface area (Å²) in [5.41, 5.74) is 0. The first-order chi connectivity index (χ1) is 9.62. The van der Waals surface area contributed by atoms with Gasteiger partial charge in [0, 0.05) is 24.2 Å². The van der Waals surface area contributed by atoms with Crippen LogP contribution >= 0.6 is 11.3 Å². The molecule has 0 amide bonds. The minimum atomic E-state index is -3.49. The SMILES string of the molecule is CCNCCn1cc(S(=O)(=O)NCc2cccs2)cn1. The van der Waals surface area contributed by atoms with Gasteiger partial charge in [0.05, 0.1) is 12.7 Å². The molecule has 0 saturated heterocycles. The molecule has 2 heterocycles. The van der Waals surface area contributed by atoms with Crippen LogP contribution in [0.3, 0.4) is 0 Å². The zero-order valence-corrected chi connectivity index (χ0v) is 12.9. The van der Waals surface area contributed by atoms with Crippen molar-refractivity contribution in [3.63, 3.8) is 0 Å². The molecule has 0 aliphatic heterocycles. The standard InChI is InChI=1S/C12H18N4O2S2/c1-2-13-5-6-16-10-12(9-14-16)20(17,18)15-8-11-4-3-7-19-11/h3-4,7,9-10,13,15H,2,5-6,8H2,1H3. The van der Waals surface area contributed by atoms with Crippen LogP contribution in [0.5, 0.6) is 0 Å². The third kappa shape index (κ3) is 4.14. The molecule has 0 saturated carbocycles. The first-order valence-corrected chi connectivity index (χ1v) is 8.73. The number of rotatable bonds is 8. The zero-order chi connectivity index (χ0) is 14.4. The summed E-state index contributed by atoms with van der Waals surface area (Å²) in [4.78, 5) is 1.18. The summed E-state index contributed by atoms with van der Waals surface area (Å²) in [5, 5.41) is 9.14. The molecule has 0 bridgehead atoms. The van der Waals surface area contributed by atoms with Gasteiger partial charge in [-0.15, -0.1) is 11.3 Å². The summed E-state index contributed by atoms with van der Waals surface area (Å²) in [6, 6.07) is 3.79. The first kappa shape index (κ1) is 15.2. The van der Waals surface area contributed by atoms with E-state index in [0.717, 1.165) is 18.0 Å². The smallest absolute Gasteiger partial charge is 0.244 e. The van der Waals surface area contributed by atoms with Gasteiger partial charge in [0.15, 0.2) is 0 Å². The van der Waals surface area contributed by atoms with Crippen LogP contribution in [0.25, 0.3) is 0 Å². The van der Waals surface area contributed by atoms with Crippen molar-refractivity contribution >= 4 is 21.4 Å². The number of nitrogens with one attached hydrogen (secondary N) is 2. The lowest BCUT2D eigenvalue weighted by Gasteiger charge is -2.03. The van der Waals surface area contributed by atoms with E-state index >= 15 is 0 Å². The van der Waals surface area contributed by atoms with Crippen LogP contribution < -0.4 is 10.0 Å². The van der Waals surface area contributed by atoms with Crippen LogP contribution in [-0.4, -0.2) is 31.3 Å². The number of aromatic nitrogens is 2. The highest BCUT2D eigenvalue weighted by molar-refractivity contribution is 7.89. The van der Waals surface area contributed by atoms with Gasteiger partial charge in [-0.1, -0.05) is 13.0 Å². The third-order valence-corrected chi connectivity index (χ3v) is 4.94. The van der Waals surface area contributed by atoms with E-state index in [1.54, 1.807) is 10.9 Å². The molecule has 2 rings (SSSR count). The first-order valence-electron chi connectivity index (χ1n) is 6.37. The van der Waals surface area contributed by atoms with Crippen molar-refractivity contribution in [3.8, 4) is 0 Å². The van der Waals surface area contributed by atoms with E-state index in [1.165, 1.54) is 17.5 Å². The lowest BCUT2D eigenvalue weighted by molar-refractivity contribution is 0.563. The summed E-state index contributed by atoms with van der Waals surface area (Å²) in [7, 11) is -3.49. The highest BCUT2D eigenvalue weighted by Gasteiger charge is 2.16. The molecular weight excluding hydrogens is 296 g/mol. The molecule has 6 nitrogen and oxygen atoms in total. The Morgan fingerprint density at radius 3 is 3.00 bits per heavy atom.